The van der Waals surface area contributed by atoms with Gasteiger partial charge in [0.1, 0.15) is 0 Å². The lowest BCUT2D eigenvalue weighted by atomic mass is 9.79. The second-order valence-corrected chi connectivity index (χ2v) is 6.44. The molecule has 0 aromatic heterocycles. The molecule has 3 heteroatoms. The molecule has 0 radical (unpaired) electrons. The van der Waals surface area contributed by atoms with E-state index in [0.717, 1.165) is 23.1 Å². The predicted octanol–water partition coefficient (Wildman–Crippen LogP) is 4.06. The Labute approximate surface area is 128 Å². The maximum absolute atomic E-state index is 11.7. The maximum Gasteiger partial charge on any atom is 0.251 e. The quantitative estimate of drug-likeness (QED) is 0.857. The molecule has 0 heterocycles. The van der Waals surface area contributed by atoms with Crippen LogP contribution in [-0.2, 0) is 0 Å². The molecule has 1 aliphatic carbocycles. The number of amides is 1. The van der Waals surface area contributed by atoms with E-state index >= 15 is 0 Å². The molecule has 1 fully saturated rings. The second kappa shape index (κ2) is 7.48. The Balaban J connectivity index is 1.85. The third-order valence-corrected chi connectivity index (χ3v) is 4.57. The van der Waals surface area contributed by atoms with Crippen LogP contribution in [0.4, 0.5) is 5.69 Å². The first-order valence-corrected chi connectivity index (χ1v) is 8.25. The van der Waals surface area contributed by atoms with Gasteiger partial charge in [-0.15, -0.1) is 0 Å². The summed E-state index contributed by atoms with van der Waals surface area (Å²) < 4.78 is 0. The Kier molecular flexibility index (Phi) is 5.66. The number of rotatable bonds is 5. The van der Waals surface area contributed by atoms with E-state index in [0.29, 0.717) is 12.6 Å². The van der Waals surface area contributed by atoms with Gasteiger partial charge in [-0.05, 0) is 68.7 Å². The minimum atomic E-state index is 0.00138. The SMILES string of the molecule is CCNC(=O)c1ccc(NC2CCC(C(C)C)CC2)cc1. The lowest BCUT2D eigenvalue weighted by Gasteiger charge is -2.31. The highest BCUT2D eigenvalue weighted by Crippen LogP contribution is 2.31. The van der Waals surface area contributed by atoms with Crippen LogP contribution >= 0.6 is 0 Å². The Bertz CT molecular complexity index is 445. The summed E-state index contributed by atoms with van der Waals surface area (Å²) in [5, 5.41) is 6.43. The van der Waals surface area contributed by atoms with Crippen molar-refractivity contribution in [2.45, 2.75) is 52.5 Å². The molecule has 1 amide bonds. The van der Waals surface area contributed by atoms with Crippen molar-refractivity contribution in [2.24, 2.45) is 11.8 Å². The molecule has 0 spiro atoms. The number of nitrogens with one attached hydrogen (secondary N) is 2. The van der Waals surface area contributed by atoms with Crippen LogP contribution in [0.5, 0.6) is 0 Å². The van der Waals surface area contributed by atoms with E-state index in [1.54, 1.807) is 0 Å². The Hall–Kier alpha value is -1.51. The van der Waals surface area contributed by atoms with Crippen LogP contribution in [0.2, 0.25) is 0 Å². The molecule has 2 N–H and O–H groups in total. The van der Waals surface area contributed by atoms with E-state index in [1.807, 2.05) is 31.2 Å². The first-order valence-electron chi connectivity index (χ1n) is 8.25. The van der Waals surface area contributed by atoms with Gasteiger partial charge in [-0.3, -0.25) is 4.79 Å². The summed E-state index contributed by atoms with van der Waals surface area (Å²) in [6, 6.07) is 8.40. The van der Waals surface area contributed by atoms with Gasteiger partial charge in [0.15, 0.2) is 0 Å². The number of carbonyl (C=O) groups excluding carboxylic acids is 1. The van der Waals surface area contributed by atoms with Gasteiger partial charge in [0, 0.05) is 23.8 Å². The number of hydrogen-bond acceptors (Lipinski definition) is 2. The number of benzene rings is 1. The third kappa shape index (κ3) is 4.48. The summed E-state index contributed by atoms with van der Waals surface area (Å²) in [6.07, 6.45) is 5.15. The number of carbonyl (C=O) groups is 1. The summed E-state index contributed by atoms with van der Waals surface area (Å²) in [5.41, 5.74) is 1.85. The zero-order valence-electron chi connectivity index (χ0n) is 13.5. The van der Waals surface area contributed by atoms with Gasteiger partial charge in [0.05, 0.1) is 0 Å². The molecule has 0 saturated heterocycles. The molecular weight excluding hydrogens is 260 g/mol. The highest BCUT2D eigenvalue weighted by molar-refractivity contribution is 5.94. The highest BCUT2D eigenvalue weighted by atomic mass is 16.1. The Morgan fingerprint density at radius 3 is 2.29 bits per heavy atom. The first kappa shape index (κ1) is 15.9. The van der Waals surface area contributed by atoms with Crippen LogP contribution < -0.4 is 10.6 Å². The highest BCUT2D eigenvalue weighted by Gasteiger charge is 2.22. The molecule has 1 aromatic carbocycles. The Morgan fingerprint density at radius 1 is 1.14 bits per heavy atom. The molecule has 0 atom stereocenters. The van der Waals surface area contributed by atoms with E-state index in [9.17, 15) is 4.79 Å². The van der Waals surface area contributed by atoms with Crippen LogP contribution in [0, 0.1) is 11.8 Å². The number of hydrogen-bond donors (Lipinski definition) is 2. The van der Waals surface area contributed by atoms with Crippen LogP contribution in [0.1, 0.15) is 56.8 Å². The summed E-state index contributed by atoms with van der Waals surface area (Å²) in [7, 11) is 0. The lowest BCUT2D eigenvalue weighted by Crippen LogP contribution is -2.28. The molecule has 1 aromatic rings. The fraction of sp³-hybridized carbons (Fsp3) is 0.611. The zero-order chi connectivity index (χ0) is 15.2. The van der Waals surface area contributed by atoms with E-state index < -0.39 is 0 Å². The summed E-state index contributed by atoms with van der Waals surface area (Å²) in [4.78, 5) is 11.7. The van der Waals surface area contributed by atoms with Crippen molar-refractivity contribution >= 4 is 11.6 Å². The van der Waals surface area contributed by atoms with Gasteiger partial charge in [0.25, 0.3) is 5.91 Å². The van der Waals surface area contributed by atoms with Crippen molar-refractivity contribution in [1.29, 1.82) is 0 Å². The summed E-state index contributed by atoms with van der Waals surface area (Å²) in [5.74, 6) is 1.70. The molecule has 116 valence electrons. The second-order valence-electron chi connectivity index (χ2n) is 6.44. The van der Waals surface area contributed by atoms with E-state index in [4.69, 9.17) is 0 Å². The first-order chi connectivity index (χ1) is 10.1. The average Bonchev–Trinajstić information content (AvgIpc) is 2.49. The fourth-order valence-electron chi connectivity index (χ4n) is 3.15. The van der Waals surface area contributed by atoms with E-state index in [1.165, 1.54) is 25.7 Å². The van der Waals surface area contributed by atoms with Crippen molar-refractivity contribution in [3.8, 4) is 0 Å². The maximum atomic E-state index is 11.7. The van der Waals surface area contributed by atoms with Gasteiger partial charge >= 0.3 is 0 Å². The summed E-state index contributed by atoms with van der Waals surface area (Å²) in [6.45, 7) is 7.26. The third-order valence-electron chi connectivity index (χ3n) is 4.57. The van der Waals surface area contributed by atoms with Crippen molar-refractivity contribution in [1.82, 2.24) is 5.32 Å². The van der Waals surface area contributed by atoms with Crippen LogP contribution in [-0.4, -0.2) is 18.5 Å². The fourth-order valence-corrected chi connectivity index (χ4v) is 3.15. The predicted molar refractivity (Wildman–Crippen MR) is 88.7 cm³/mol. The van der Waals surface area contributed by atoms with Gasteiger partial charge in [-0.2, -0.15) is 0 Å². The van der Waals surface area contributed by atoms with E-state index in [2.05, 4.69) is 24.5 Å². The number of anilines is 1. The largest absolute Gasteiger partial charge is 0.382 e. The molecule has 21 heavy (non-hydrogen) atoms. The average molecular weight is 288 g/mol. The van der Waals surface area contributed by atoms with Gasteiger partial charge in [-0.1, -0.05) is 13.8 Å². The molecule has 0 unspecified atom stereocenters. The molecule has 1 saturated carbocycles. The van der Waals surface area contributed by atoms with E-state index in [-0.39, 0.29) is 5.91 Å². The van der Waals surface area contributed by atoms with Gasteiger partial charge in [0.2, 0.25) is 0 Å². The van der Waals surface area contributed by atoms with Gasteiger partial charge in [-0.25, -0.2) is 0 Å². The topological polar surface area (TPSA) is 41.1 Å². The summed E-state index contributed by atoms with van der Waals surface area (Å²) >= 11 is 0. The normalized spacial score (nSPS) is 22.1. The molecule has 2 rings (SSSR count). The monoisotopic (exact) mass is 288 g/mol. The molecule has 0 bridgehead atoms. The van der Waals surface area contributed by atoms with Crippen LogP contribution in [0.15, 0.2) is 24.3 Å². The van der Waals surface area contributed by atoms with Crippen LogP contribution in [0.3, 0.4) is 0 Å². The molecule has 0 aliphatic heterocycles. The van der Waals surface area contributed by atoms with Crippen molar-refractivity contribution < 1.29 is 4.79 Å². The minimum Gasteiger partial charge on any atom is -0.382 e. The minimum absolute atomic E-state index is 0.00138. The lowest BCUT2D eigenvalue weighted by molar-refractivity contribution is 0.0956. The van der Waals surface area contributed by atoms with Crippen molar-refractivity contribution in [2.75, 3.05) is 11.9 Å². The molecule has 3 nitrogen and oxygen atoms in total. The molecule has 1 aliphatic rings. The Morgan fingerprint density at radius 2 is 1.76 bits per heavy atom. The zero-order valence-corrected chi connectivity index (χ0v) is 13.5. The van der Waals surface area contributed by atoms with Crippen molar-refractivity contribution in [3.63, 3.8) is 0 Å². The van der Waals surface area contributed by atoms with Gasteiger partial charge < -0.3 is 10.6 Å². The smallest absolute Gasteiger partial charge is 0.251 e. The van der Waals surface area contributed by atoms with Crippen LogP contribution in [0.25, 0.3) is 0 Å². The molecular formula is C18H28N2O. The van der Waals surface area contributed by atoms with Crippen molar-refractivity contribution in [3.05, 3.63) is 29.8 Å². The standard InChI is InChI=1S/C18H28N2O/c1-4-19-18(21)15-7-11-17(12-8-15)20-16-9-5-14(6-10-16)13(2)3/h7-8,11-14,16,20H,4-6,9-10H2,1-3H3,(H,19,21).